The van der Waals surface area contributed by atoms with E-state index < -0.39 is 0 Å². The van der Waals surface area contributed by atoms with Crippen LogP contribution in [0, 0.1) is 5.92 Å². The van der Waals surface area contributed by atoms with Crippen LogP contribution in [-0.2, 0) is 0 Å². The van der Waals surface area contributed by atoms with E-state index in [4.69, 9.17) is 4.42 Å². The molecule has 0 saturated carbocycles. The van der Waals surface area contributed by atoms with Crippen LogP contribution in [0.4, 0.5) is 0 Å². The van der Waals surface area contributed by atoms with Gasteiger partial charge in [-0.25, -0.2) is 0 Å². The minimum atomic E-state index is 0.470. The first-order valence-corrected chi connectivity index (χ1v) is 6.89. The lowest BCUT2D eigenvalue weighted by atomic mass is 9.94. The molecule has 1 N–H and O–H groups in total. The zero-order chi connectivity index (χ0) is 11.7. The van der Waals surface area contributed by atoms with Gasteiger partial charge in [-0.1, -0.05) is 6.92 Å². The summed E-state index contributed by atoms with van der Waals surface area (Å²) in [6.45, 7) is 5.87. The van der Waals surface area contributed by atoms with Crippen molar-refractivity contribution in [2.75, 3.05) is 19.6 Å². The molecule has 0 radical (unpaired) electrons. The Labute approximate surface area is 103 Å². The van der Waals surface area contributed by atoms with E-state index in [1.54, 1.807) is 6.26 Å². The number of fused-ring (bicyclic) bond motifs is 1. The van der Waals surface area contributed by atoms with Crippen LogP contribution in [-0.4, -0.2) is 30.6 Å². The summed E-state index contributed by atoms with van der Waals surface area (Å²) in [5.41, 5.74) is 0. The van der Waals surface area contributed by atoms with Gasteiger partial charge in [-0.3, -0.25) is 4.90 Å². The topological polar surface area (TPSA) is 28.4 Å². The third kappa shape index (κ3) is 2.14. The molecular formula is C14H22N2O. The van der Waals surface area contributed by atoms with E-state index in [-0.39, 0.29) is 0 Å². The zero-order valence-electron chi connectivity index (χ0n) is 10.6. The highest BCUT2D eigenvalue weighted by Gasteiger charge is 2.37. The van der Waals surface area contributed by atoms with E-state index in [9.17, 15) is 0 Å². The second kappa shape index (κ2) is 4.83. The van der Waals surface area contributed by atoms with Crippen molar-refractivity contribution in [3.8, 4) is 0 Å². The molecule has 3 rings (SSSR count). The van der Waals surface area contributed by atoms with Crippen molar-refractivity contribution in [2.24, 2.45) is 5.92 Å². The fourth-order valence-electron chi connectivity index (χ4n) is 3.45. The summed E-state index contributed by atoms with van der Waals surface area (Å²) in [5.74, 6) is 1.99. The molecule has 2 saturated heterocycles. The van der Waals surface area contributed by atoms with E-state index >= 15 is 0 Å². The maximum Gasteiger partial charge on any atom is 0.120 e. The molecule has 0 aliphatic carbocycles. The van der Waals surface area contributed by atoms with E-state index in [0.29, 0.717) is 12.1 Å². The minimum Gasteiger partial charge on any atom is -0.468 e. The molecule has 2 aliphatic rings. The van der Waals surface area contributed by atoms with Crippen molar-refractivity contribution >= 4 is 0 Å². The van der Waals surface area contributed by atoms with Crippen LogP contribution in [0.2, 0.25) is 0 Å². The predicted octanol–water partition coefficient (Wildman–Crippen LogP) is 2.41. The lowest BCUT2D eigenvalue weighted by Gasteiger charge is -2.25. The standard InChI is InChI=1S/C14H22N2O/c1-2-13(14-6-4-8-17-14)16-9-11-5-3-7-15-12(11)10-16/h4,6,8,11-13,15H,2-3,5,7,9-10H2,1H3/t11-,12+,13?/m0/s1. The molecule has 94 valence electrons. The first-order chi connectivity index (χ1) is 8.38. The Kier molecular flexibility index (Phi) is 3.21. The number of likely N-dealkylation sites (tertiary alicyclic amines) is 1. The van der Waals surface area contributed by atoms with Gasteiger partial charge >= 0.3 is 0 Å². The monoisotopic (exact) mass is 234 g/mol. The predicted molar refractivity (Wildman–Crippen MR) is 67.8 cm³/mol. The Hall–Kier alpha value is -0.800. The molecule has 1 unspecified atom stereocenters. The maximum absolute atomic E-state index is 5.59. The second-order valence-electron chi connectivity index (χ2n) is 5.36. The van der Waals surface area contributed by atoms with Crippen molar-refractivity contribution in [3.63, 3.8) is 0 Å². The quantitative estimate of drug-likeness (QED) is 0.870. The smallest absolute Gasteiger partial charge is 0.120 e. The maximum atomic E-state index is 5.59. The van der Waals surface area contributed by atoms with Gasteiger partial charge in [0, 0.05) is 19.1 Å². The van der Waals surface area contributed by atoms with Gasteiger partial charge < -0.3 is 9.73 Å². The number of furan rings is 1. The van der Waals surface area contributed by atoms with Crippen LogP contribution in [0.3, 0.4) is 0 Å². The Balaban J connectivity index is 1.72. The highest BCUT2D eigenvalue weighted by Crippen LogP contribution is 2.33. The Morgan fingerprint density at radius 2 is 2.47 bits per heavy atom. The van der Waals surface area contributed by atoms with Crippen LogP contribution in [0.5, 0.6) is 0 Å². The van der Waals surface area contributed by atoms with Crippen molar-refractivity contribution in [2.45, 2.75) is 38.3 Å². The van der Waals surface area contributed by atoms with Crippen LogP contribution < -0.4 is 5.32 Å². The van der Waals surface area contributed by atoms with Gasteiger partial charge in [-0.15, -0.1) is 0 Å². The normalized spacial score (nSPS) is 31.4. The summed E-state index contributed by atoms with van der Waals surface area (Å²) in [6, 6.07) is 5.30. The summed E-state index contributed by atoms with van der Waals surface area (Å²) >= 11 is 0. The van der Waals surface area contributed by atoms with Crippen molar-refractivity contribution in [1.29, 1.82) is 0 Å². The third-order valence-corrected chi connectivity index (χ3v) is 4.33. The molecule has 3 heteroatoms. The Morgan fingerprint density at radius 3 is 3.18 bits per heavy atom. The molecule has 17 heavy (non-hydrogen) atoms. The number of rotatable bonds is 3. The molecule has 0 amide bonds. The molecule has 2 aliphatic heterocycles. The molecule has 0 bridgehead atoms. The summed E-state index contributed by atoms with van der Waals surface area (Å²) in [6.07, 6.45) is 5.65. The first-order valence-electron chi connectivity index (χ1n) is 6.89. The fraction of sp³-hybridized carbons (Fsp3) is 0.714. The lowest BCUT2D eigenvalue weighted by Crippen LogP contribution is -2.40. The van der Waals surface area contributed by atoms with Crippen molar-refractivity contribution in [3.05, 3.63) is 24.2 Å². The summed E-state index contributed by atoms with van der Waals surface area (Å²) in [4.78, 5) is 2.60. The first kappa shape index (κ1) is 11.3. The van der Waals surface area contributed by atoms with Gasteiger partial charge in [0.05, 0.1) is 12.3 Å². The second-order valence-corrected chi connectivity index (χ2v) is 5.36. The molecule has 3 nitrogen and oxygen atoms in total. The van der Waals surface area contributed by atoms with E-state index in [1.807, 2.05) is 6.07 Å². The molecular weight excluding hydrogens is 212 g/mol. The molecule has 3 atom stereocenters. The van der Waals surface area contributed by atoms with E-state index in [0.717, 1.165) is 18.1 Å². The lowest BCUT2D eigenvalue weighted by molar-refractivity contribution is 0.201. The summed E-state index contributed by atoms with van der Waals surface area (Å²) in [5, 5.41) is 3.66. The molecule has 0 aromatic carbocycles. The van der Waals surface area contributed by atoms with Crippen LogP contribution in [0.15, 0.2) is 22.8 Å². The molecule has 2 fully saturated rings. The van der Waals surface area contributed by atoms with E-state index in [2.05, 4.69) is 23.2 Å². The number of hydrogen-bond donors (Lipinski definition) is 1. The Bertz CT molecular complexity index is 335. The third-order valence-electron chi connectivity index (χ3n) is 4.33. The number of nitrogens with one attached hydrogen (secondary N) is 1. The molecule has 1 aromatic rings. The minimum absolute atomic E-state index is 0.470. The SMILES string of the molecule is CCC(c1ccco1)N1C[C@@H]2CCCN[C@@H]2C1. The summed E-state index contributed by atoms with van der Waals surface area (Å²) < 4.78 is 5.59. The molecule has 1 aromatic heterocycles. The summed E-state index contributed by atoms with van der Waals surface area (Å²) in [7, 11) is 0. The average Bonchev–Trinajstić information content (AvgIpc) is 2.98. The number of nitrogens with zero attached hydrogens (tertiary/aromatic N) is 1. The molecule has 0 spiro atoms. The van der Waals surface area contributed by atoms with Gasteiger partial charge in [0.25, 0.3) is 0 Å². The number of piperidine rings is 1. The van der Waals surface area contributed by atoms with E-state index in [1.165, 1.54) is 32.5 Å². The number of hydrogen-bond acceptors (Lipinski definition) is 3. The fourth-order valence-corrected chi connectivity index (χ4v) is 3.45. The van der Waals surface area contributed by atoms with Crippen molar-refractivity contribution < 1.29 is 4.42 Å². The van der Waals surface area contributed by atoms with Gasteiger partial charge in [0.1, 0.15) is 5.76 Å². The van der Waals surface area contributed by atoms with Crippen LogP contribution in [0.1, 0.15) is 38.0 Å². The van der Waals surface area contributed by atoms with Crippen LogP contribution in [0.25, 0.3) is 0 Å². The van der Waals surface area contributed by atoms with Gasteiger partial charge in [0.2, 0.25) is 0 Å². The van der Waals surface area contributed by atoms with Gasteiger partial charge in [-0.05, 0) is 43.9 Å². The highest BCUT2D eigenvalue weighted by atomic mass is 16.3. The van der Waals surface area contributed by atoms with Crippen molar-refractivity contribution in [1.82, 2.24) is 10.2 Å². The molecule has 3 heterocycles. The van der Waals surface area contributed by atoms with Crippen LogP contribution >= 0.6 is 0 Å². The van der Waals surface area contributed by atoms with Gasteiger partial charge in [0.15, 0.2) is 0 Å². The highest BCUT2D eigenvalue weighted by molar-refractivity contribution is 5.07. The Morgan fingerprint density at radius 1 is 1.53 bits per heavy atom. The largest absolute Gasteiger partial charge is 0.468 e. The zero-order valence-corrected chi connectivity index (χ0v) is 10.6. The average molecular weight is 234 g/mol. The van der Waals surface area contributed by atoms with Gasteiger partial charge in [-0.2, -0.15) is 0 Å².